The van der Waals surface area contributed by atoms with Gasteiger partial charge in [0.2, 0.25) is 0 Å². The molecule has 3 fully saturated rings. The molecule has 1 N–H and O–H groups in total. The van der Waals surface area contributed by atoms with Crippen LogP contribution in [0.3, 0.4) is 0 Å². The highest BCUT2D eigenvalue weighted by molar-refractivity contribution is 7.98. The molecule has 0 spiro atoms. The van der Waals surface area contributed by atoms with Gasteiger partial charge in [-0.05, 0) is 50.1 Å². The fourth-order valence-electron chi connectivity index (χ4n) is 4.64. The molecule has 4 rings (SSSR count). The average molecular weight is 430 g/mol. The predicted octanol–water partition coefficient (Wildman–Crippen LogP) is 3.42. The van der Waals surface area contributed by atoms with Gasteiger partial charge in [-0.15, -0.1) is 11.8 Å². The fourth-order valence-corrected chi connectivity index (χ4v) is 5.28. The number of alkyl halides is 3. The Labute approximate surface area is 172 Å². The predicted molar refractivity (Wildman–Crippen MR) is 103 cm³/mol. The molecule has 0 aromatic heterocycles. The van der Waals surface area contributed by atoms with Crippen molar-refractivity contribution in [1.82, 2.24) is 10.2 Å². The molecule has 0 bridgehead atoms. The molecular weight excluding hydrogens is 405 g/mol. The van der Waals surface area contributed by atoms with Crippen molar-refractivity contribution >= 4 is 17.7 Å². The number of carbonyl (C=O) groups excluding carboxylic acids is 1. The van der Waals surface area contributed by atoms with Gasteiger partial charge in [-0.2, -0.15) is 13.2 Å². The summed E-state index contributed by atoms with van der Waals surface area (Å²) < 4.78 is 50.4. The molecule has 1 saturated carbocycles. The molecule has 160 valence electrons. The molecule has 1 aromatic rings. The lowest BCUT2D eigenvalue weighted by atomic mass is 10.0. The number of hydrogen-bond donors (Lipinski definition) is 1. The summed E-state index contributed by atoms with van der Waals surface area (Å²) in [5.74, 6) is 0.289. The second-order valence-electron chi connectivity index (χ2n) is 7.85. The summed E-state index contributed by atoms with van der Waals surface area (Å²) in [5.41, 5.74) is -0.686. The van der Waals surface area contributed by atoms with Gasteiger partial charge in [0.1, 0.15) is 5.75 Å². The number of likely N-dealkylation sites (tertiary alicyclic amines) is 1. The van der Waals surface area contributed by atoms with Crippen LogP contribution in [0.5, 0.6) is 5.75 Å². The largest absolute Gasteiger partial charge is 0.496 e. The number of nitrogens with zero attached hydrogens (tertiary/aromatic N) is 1. The molecule has 29 heavy (non-hydrogen) atoms. The normalized spacial score (nSPS) is 29.4. The molecule has 1 aromatic carbocycles. The topological polar surface area (TPSA) is 50.8 Å². The first-order valence-electron chi connectivity index (χ1n) is 9.81. The third-order valence-electron chi connectivity index (χ3n) is 6.19. The molecule has 4 unspecified atom stereocenters. The van der Waals surface area contributed by atoms with E-state index in [0.717, 1.165) is 42.8 Å². The monoisotopic (exact) mass is 430 g/mol. The lowest BCUT2D eigenvalue weighted by Gasteiger charge is -2.39. The van der Waals surface area contributed by atoms with Crippen LogP contribution >= 0.6 is 11.8 Å². The third-order valence-corrected chi connectivity index (χ3v) is 6.95. The van der Waals surface area contributed by atoms with Gasteiger partial charge in [0, 0.05) is 23.6 Å². The molecule has 1 aliphatic carbocycles. The van der Waals surface area contributed by atoms with Crippen molar-refractivity contribution in [3.8, 4) is 5.75 Å². The number of piperidine rings is 1. The number of ether oxygens (including phenoxy) is 2. The average Bonchev–Trinajstić information content (AvgIpc) is 3.36. The van der Waals surface area contributed by atoms with E-state index in [1.54, 1.807) is 6.26 Å². The van der Waals surface area contributed by atoms with Crippen molar-refractivity contribution in [2.24, 2.45) is 5.92 Å². The van der Waals surface area contributed by atoms with E-state index in [9.17, 15) is 18.0 Å². The van der Waals surface area contributed by atoms with Crippen LogP contribution in [-0.2, 0) is 10.9 Å². The van der Waals surface area contributed by atoms with Crippen LogP contribution in [0, 0.1) is 5.92 Å². The van der Waals surface area contributed by atoms with Gasteiger partial charge in [0.05, 0.1) is 30.9 Å². The molecule has 9 heteroatoms. The van der Waals surface area contributed by atoms with E-state index in [0.29, 0.717) is 19.3 Å². The number of benzene rings is 1. The highest BCUT2D eigenvalue weighted by atomic mass is 32.2. The molecule has 4 atom stereocenters. The van der Waals surface area contributed by atoms with Crippen molar-refractivity contribution in [3.63, 3.8) is 0 Å². The zero-order valence-corrected chi connectivity index (χ0v) is 17.2. The first kappa shape index (κ1) is 20.8. The number of carbonyl (C=O) groups is 1. The summed E-state index contributed by atoms with van der Waals surface area (Å²) in [7, 11) is 1.28. The Balaban J connectivity index is 1.58. The van der Waals surface area contributed by atoms with E-state index in [-0.39, 0.29) is 28.3 Å². The van der Waals surface area contributed by atoms with E-state index in [1.807, 2.05) is 0 Å². The number of fused-ring (bicyclic) bond motifs is 1. The summed E-state index contributed by atoms with van der Waals surface area (Å²) in [6, 6.07) is 2.51. The highest BCUT2D eigenvalue weighted by Gasteiger charge is 2.50. The smallest absolute Gasteiger partial charge is 0.416 e. The second kappa shape index (κ2) is 8.00. The quantitative estimate of drug-likeness (QED) is 0.726. The van der Waals surface area contributed by atoms with Crippen molar-refractivity contribution in [2.45, 2.75) is 48.5 Å². The van der Waals surface area contributed by atoms with Gasteiger partial charge >= 0.3 is 6.18 Å². The molecule has 2 heterocycles. The number of thioether (sulfide) groups is 1. The first-order chi connectivity index (χ1) is 13.8. The Morgan fingerprint density at radius 1 is 1.31 bits per heavy atom. The van der Waals surface area contributed by atoms with Crippen LogP contribution in [0.1, 0.15) is 35.2 Å². The standard InChI is InChI=1S/C20H25F3N2O3S/c1-27-16-8-12(20(21,22)23)9-17(29-2)18(16)19(26)24-13-10-28-6-4-14(13)25-5-3-11-7-15(11)25/h8-9,11,13-15H,3-7,10H2,1-2H3,(H,24,26). The third kappa shape index (κ3) is 4.09. The maximum Gasteiger partial charge on any atom is 0.416 e. The van der Waals surface area contributed by atoms with E-state index >= 15 is 0 Å². The summed E-state index contributed by atoms with van der Waals surface area (Å²) in [4.78, 5) is 15.9. The van der Waals surface area contributed by atoms with Gasteiger partial charge in [0.15, 0.2) is 0 Å². The van der Waals surface area contributed by atoms with Crippen LogP contribution in [0.15, 0.2) is 17.0 Å². The fraction of sp³-hybridized carbons (Fsp3) is 0.650. The van der Waals surface area contributed by atoms with E-state index in [4.69, 9.17) is 9.47 Å². The molecular formula is C20H25F3N2O3S. The van der Waals surface area contributed by atoms with Crippen molar-refractivity contribution in [2.75, 3.05) is 33.1 Å². The summed E-state index contributed by atoms with van der Waals surface area (Å²) in [6.07, 6.45) is 0.405. The van der Waals surface area contributed by atoms with Crippen LogP contribution in [0.4, 0.5) is 13.2 Å². The highest BCUT2D eigenvalue weighted by Crippen LogP contribution is 2.46. The maximum atomic E-state index is 13.2. The minimum Gasteiger partial charge on any atom is -0.496 e. The van der Waals surface area contributed by atoms with Crippen LogP contribution in [0.25, 0.3) is 0 Å². The van der Waals surface area contributed by atoms with Crippen LogP contribution in [0.2, 0.25) is 0 Å². The second-order valence-corrected chi connectivity index (χ2v) is 8.70. The van der Waals surface area contributed by atoms with Gasteiger partial charge < -0.3 is 14.8 Å². The molecule has 5 nitrogen and oxygen atoms in total. The van der Waals surface area contributed by atoms with Crippen molar-refractivity contribution in [3.05, 3.63) is 23.3 Å². The van der Waals surface area contributed by atoms with Crippen molar-refractivity contribution in [1.29, 1.82) is 0 Å². The molecule has 2 saturated heterocycles. The summed E-state index contributed by atoms with van der Waals surface area (Å²) >= 11 is 1.10. The van der Waals surface area contributed by atoms with Gasteiger partial charge in [0.25, 0.3) is 5.91 Å². The Morgan fingerprint density at radius 3 is 2.69 bits per heavy atom. The van der Waals surface area contributed by atoms with E-state index < -0.39 is 17.6 Å². The Morgan fingerprint density at radius 2 is 2.10 bits per heavy atom. The number of nitrogens with one attached hydrogen (secondary N) is 1. The zero-order chi connectivity index (χ0) is 20.8. The molecule has 3 aliphatic rings. The molecule has 1 amide bonds. The lowest BCUT2D eigenvalue weighted by molar-refractivity contribution is -0.137. The molecule has 2 aliphatic heterocycles. The van der Waals surface area contributed by atoms with Gasteiger partial charge in [-0.3, -0.25) is 9.69 Å². The molecule has 0 radical (unpaired) electrons. The Kier molecular flexibility index (Phi) is 5.74. The lowest BCUT2D eigenvalue weighted by Crippen LogP contribution is -2.56. The van der Waals surface area contributed by atoms with Crippen LogP contribution < -0.4 is 10.1 Å². The SMILES string of the molecule is COc1cc(C(F)(F)F)cc(SC)c1C(=O)NC1COCCC1N1CCC2CC21. The number of hydrogen-bond acceptors (Lipinski definition) is 5. The van der Waals surface area contributed by atoms with Gasteiger partial charge in [-0.1, -0.05) is 0 Å². The van der Waals surface area contributed by atoms with Crippen molar-refractivity contribution < 1.29 is 27.4 Å². The number of halogens is 3. The van der Waals surface area contributed by atoms with E-state index in [2.05, 4.69) is 10.2 Å². The zero-order valence-electron chi connectivity index (χ0n) is 16.4. The summed E-state index contributed by atoms with van der Waals surface area (Å²) in [6.45, 7) is 2.10. The number of amides is 1. The Hall–Kier alpha value is -1.45. The number of rotatable bonds is 5. The summed E-state index contributed by atoms with van der Waals surface area (Å²) in [5, 5.41) is 3.03. The maximum absolute atomic E-state index is 13.2. The Bertz CT molecular complexity index is 764. The minimum atomic E-state index is -4.51. The minimum absolute atomic E-state index is 0.0709. The number of methoxy groups -OCH3 is 1. The van der Waals surface area contributed by atoms with Gasteiger partial charge in [-0.25, -0.2) is 0 Å². The van der Waals surface area contributed by atoms with Crippen LogP contribution in [-0.4, -0.2) is 62.1 Å². The first-order valence-corrected chi connectivity index (χ1v) is 11.0. The van der Waals surface area contributed by atoms with E-state index in [1.165, 1.54) is 20.0 Å².